The number of amides is 1. The van der Waals surface area contributed by atoms with Gasteiger partial charge in [0.05, 0.1) is 18.2 Å². The molecule has 5 nitrogen and oxygen atoms in total. The summed E-state index contributed by atoms with van der Waals surface area (Å²) in [6, 6.07) is 20.3. The summed E-state index contributed by atoms with van der Waals surface area (Å²) in [5.41, 5.74) is 1.85. The number of hydrogen-bond acceptors (Lipinski definition) is 5. The molecular formula is C26H30ClN3O2S. The van der Waals surface area contributed by atoms with Gasteiger partial charge in [0.25, 0.3) is 0 Å². The fraction of sp³-hybridized carbons (Fsp3) is 0.308. The minimum atomic E-state index is 0. The van der Waals surface area contributed by atoms with Crippen LogP contribution in [0.2, 0.25) is 0 Å². The number of fused-ring (bicyclic) bond motifs is 2. The maximum absolute atomic E-state index is 13.6. The first-order chi connectivity index (χ1) is 15.6. The second-order valence-electron chi connectivity index (χ2n) is 7.69. The number of aromatic nitrogens is 1. The second kappa shape index (κ2) is 11.5. The monoisotopic (exact) mass is 483 g/mol. The molecular weight excluding hydrogens is 454 g/mol. The van der Waals surface area contributed by atoms with E-state index in [0.717, 1.165) is 57.1 Å². The lowest BCUT2D eigenvalue weighted by atomic mass is 10.0. The normalized spacial score (nSPS) is 11.0. The SMILES string of the molecule is CCN(CC)CCN(C(=O)Cc1cccc2ccccc12)c1nc2c(OC)cccc2s1.Cl. The van der Waals surface area contributed by atoms with Crippen LogP contribution in [0.1, 0.15) is 19.4 Å². The molecule has 7 heteroatoms. The number of rotatable bonds is 9. The Labute approximate surface area is 205 Å². The van der Waals surface area contributed by atoms with Crippen LogP contribution in [0.25, 0.3) is 21.0 Å². The van der Waals surface area contributed by atoms with Crippen molar-refractivity contribution in [2.75, 3.05) is 38.2 Å². The number of benzene rings is 3. The van der Waals surface area contributed by atoms with E-state index >= 15 is 0 Å². The summed E-state index contributed by atoms with van der Waals surface area (Å²) in [5.74, 6) is 0.793. The van der Waals surface area contributed by atoms with Gasteiger partial charge in [-0.3, -0.25) is 9.69 Å². The Balaban J connectivity index is 0.00000306. The van der Waals surface area contributed by atoms with Gasteiger partial charge in [0.2, 0.25) is 5.91 Å². The van der Waals surface area contributed by atoms with Gasteiger partial charge in [-0.25, -0.2) is 4.98 Å². The molecule has 0 saturated carbocycles. The van der Waals surface area contributed by atoms with Crippen LogP contribution in [0.5, 0.6) is 5.75 Å². The highest BCUT2D eigenvalue weighted by Crippen LogP contribution is 2.34. The van der Waals surface area contributed by atoms with Crippen molar-refractivity contribution in [3.05, 3.63) is 66.2 Å². The van der Waals surface area contributed by atoms with Gasteiger partial charge in [-0.15, -0.1) is 12.4 Å². The van der Waals surface area contributed by atoms with Crippen LogP contribution < -0.4 is 9.64 Å². The molecule has 0 unspecified atom stereocenters. The number of nitrogens with zero attached hydrogens (tertiary/aromatic N) is 3. The first kappa shape index (κ1) is 25.0. The summed E-state index contributed by atoms with van der Waals surface area (Å²) in [6.45, 7) is 7.61. The third-order valence-corrected chi connectivity index (χ3v) is 6.92. The molecule has 3 aromatic carbocycles. The topological polar surface area (TPSA) is 45.7 Å². The zero-order chi connectivity index (χ0) is 22.5. The number of carbonyl (C=O) groups excluding carboxylic acids is 1. The van der Waals surface area contributed by atoms with Crippen molar-refractivity contribution in [1.82, 2.24) is 9.88 Å². The Kier molecular flexibility index (Phi) is 8.67. The van der Waals surface area contributed by atoms with Crippen LogP contribution in [0.15, 0.2) is 60.7 Å². The number of carbonyl (C=O) groups is 1. The Morgan fingerprint density at radius 1 is 0.970 bits per heavy atom. The summed E-state index contributed by atoms with van der Waals surface area (Å²) >= 11 is 1.54. The molecule has 0 saturated heterocycles. The number of halogens is 1. The minimum absolute atomic E-state index is 0. The van der Waals surface area contributed by atoms with Crippen molar-refractivity contribution in [2.45, 2.75) is 20.3 Å². The van der Waals surface area contributed by atoms with Crippen LogP contribution in [0.3, 0.4) is 0 Å². The third-order valence-electron chi connectivity index (χ3n) is 5.88. The van der Waals surface area contributed by atoms with Crippen LogP contribution in [-0.2, 0) is 11.2 Å². The smallest absolute Gasteiger partial charge is 0.233 e. The van der Waals surface area contributed by atoms with Gasteiger partial charge in [0, 0.05) is 13.1 Å². The lowest BCUT2D eigenvalue weighted by molar-refractivity contribution is -0.118. The number of ether oxygens (including phenoxy) is 1. The number of likely N-dealkylation sites (N-methyl/N-ethyl adjacent to an activating group) is 1. The number of thiazole rings is 1. The van der Waals surface area contributed by atoms with Crippen LogP contribution in [-0.4, -0.2) is 49.1 Å². The zero-order valence-corrected chi connectivity index (χ0v) is 20.9. The lowest BCUT2D eigenvalue weighted by Gasteiger charge is -2.25. The standard InChI is InChI=1S/C26H29N3O2S.ClH/c1-4-28(5-2)16-17-29(26-27-25-22(31-3)14-9-15-23(25)32-26)24(30)18-20-12-8-11-19-10-6-7-13-21(19)20;/h6-15H,4-5,16-18H2,1-3H3;1H. The highest BCUT2D eigenvalue weighted by molar-refractivity contribution is 7.22. The highest BCUT2D eigenvalue weighted by atomic mass is 35.5. The van der Waals surface area contributed by atoms with Crippen molar-refractivity contribution < 1.29 is 9.53 Å². The third kappa shape index (κ3) is 5.46. The van der Waals surface area contributed by atoms with E-state index in [-0.39, 0.29) is 18.3 Å². The van der Waals surface area contributed by atoms with Crippen molar-refractivity contribution in [2.24, 2.45) is 0 Å². The van der Waals surface area contributed by atoms with Crippen molar-refractivity contribution in [1.29, 1.82) is 0 Å². The van der Waals surface area contributed by atoms with Gasteiger partial charge in [-0.05, 0) is 41.6 Å². The van der Waals surface area contributed by atoms with E-state index in [2.05, 4.69) is 36.9 Å². The molecule has 33 heavy (non-hydrogen) atoms. The molecule has 0 aliphatic heterocycles. The predicted octanol–water partition coefficient (Wildman–Crippen LogP) is 5.80. The van der Waals surface area contributed by atoms with Gasteiger partial charge in [0.1, 0.15) is 11.3 Å². The molecule has 4 rings (SSSR count). The number of para-hydroxylation sites is 1. The fourth-order valence-electron chi connectivity index (χ4n) is 4.01. The molecule has 0 fully saturated rings. The van der Waals surface area contributed by atoms with E-state index in [9.17, 15) is 4.79 Å². The maximum atomic E-state index is 13.6. The van der Waals surface area contributed by atoms with E-state index in [0.29, 0.717) is 13.0 Å². The van der Waals surface area contributed by atoms with E-state index < -0.39 is 0 Å². The molecule has 0 bridgehead atoms. The fourth-order valence-corrected chi connectivity index (χ4v) is 5.03. The van der Waals surface area contributed by atoms with Crippen molar-refractivity contribution in [3.8, 4) is 5.75 Å². The second-order valence-corrected chi connectivity index (χ2v) is 8.70. The van der Waals surface area contributed by atoms with Crippen molar-refractivity contribution >= 4 is 55.8 Å². The summed E-state index contributed by atoms with van der Waals surface area (Å²) in [6.07, 6.45) is 0.340. The van der Waals surface area contributed by atoms with Crippen LogP contribution in [0.4, 0.5) is 5.13 Å². The summed E-state index contributed by atoms with van der Waals surface area (Å²) in [5, 5.41) is 3.00. The Morgan fingerprint density at radius 2 is 1.70 bits per heavy atom. The van der Waals surface area contributed by atoms with E-state index in [1.165, 1.54) is 11.3 Å². The number of hydrogen-bond donors (Lipinski definition) is 0. The molecule has 0 atom stereocenters. The number of methoxy groups -OCH3 is 1. The van der Waals surface area contributed by atoms with E-state index in [1.807, 2.05) is 47.4 Å². The summed E-state index contributed by atoms with van der Waals surface area (Å²) in [7, 11) is 1.65. The largest absolute Gasteiger partial charge is 0.494 e. The van der Waals surface area contributed by atoms with Gasteiger partial charge < -0.3 is 9.64 Å². The van der Waals surface area contributed by atoms with Gasteiger partial charge in [0.15, 0.2) is 5.13 Å². The quantitative estimate of drug-likeness (QED) is 0.302. The van der Waals surface area contributed by atoms with E-state index in [1.54, 1.807) is 7.11 Å². The summed E-state index contributed by atoms with van der Waals surface area (Å²) in [4.78, 5) is 22.6. The average molecular weight is 484 g/mol. The molecule has 174 valence electrons. The molecule has 4 aromatic rings. The molecule has 0 radical (unpaired) electrons. The van der Waals surface area contributed by atoms with Gasteiger partial charge >= 0.3 is 0 Å². The zero-order valence-electron chi connectivity index (χ0n) is 19.3. The molecule has 0 spiro atoms. The minimum Gasteiger partial charge on any atom is -0.494 e. The van der Waals surface area contributed by atoms with Crippen molar-refractivity contribution in [3.63, 3.8) is 0 Å². The molecule has 1 heterocycles. The molecule has 1 aromatic heterocycles. The predicted molar refractivity (Wildman–Crippen MR) is 141 cm³/mol. The van der Waals surface area contributed by atoms with Gasteiger partial charge in [-0.2, -0.15) is 0 Å². The lowest BCUT2D eigenvalue weighted by Crippen LogP contribution is -2.39. The first-order valence-corrected chi connectivity index (χ1v) is 11.9. The van der Waals surface area contributed by atoms with Crippen LogP contribution in [0, 0.1) is 0 Å². The average Bonchev–Trinajstić information content (AvgIpc) is 3.26. The van der Waals surface area contributed by atoms with Crippen LogP contribution >= 0.6 is 23.7 Å². The molecule has 0 aliphatic rings. The summed E-state index contributed by atoms with van der Waals surface area (Å²) < 4.78 is 6.51. The highest BCUT2D eigenvalue weighted by Gasteiger charge is 2.22. The Bertz CT molecular complexity index is 1220. The Hall–Kier alpha value is -2.67. The number of anilines is 1. The Morgan fingerprint density at radius 3 is 2.45 bits per heavy atom. The molecule has 0 N–H and O–H groups in total. The van der Waals surface area contributed by atoms with Gasteiger partial charge in [-0.1, -0.05) is 73.7 Å². The molecule has 1 amide bonds. The molecule has 0 aliphatic carbocycles. The maximum Gasteiger partial charge on any atom is 0.233 e. The van der Waals surface area contributed by atoms with E-state index in [4.69, 9.17) is 9.72 Å². The first-order valence-electron chi connectivity index (χ1n) is 11.1.